The summed E-state index contributed by atoms with van der Waals surface area (Å²) in [6.07, 6.45) is 8.43. The van der Waals surface area contributed by atoms with E-state index in [1.165, 1.54) is 31.0 Å². The zero-order valence-corrected chi connectivity index (χ0v) is 17.2. The molecule has 7 nitrogen and oxygen atoms in total. The molecule has 2 aromatic rings. The fraction of sp³-hybridized carbons (Fsp3) is 0.632. The first-order valence-corrected chi connectivity index (χ1v) is 10.9. The minimum atomic E-state index is 0.0540. The fourth-order valence-corrected chi connectivity index (χ4v) is 3.99. The quantitative estimate of drug-likeness (QED) is 0.579. The van der Waals surface area contributed by atoms with Gasteiger partial charge in [0, 0.05) is 43.7 Å². The van der Waals surface area contributed by atoms with Crippen LogP contribution in [0.4, 0.5) is 0 Å². The zero-order chi connectivity index (χ0) is 19.2. The van der Waals surface area contributed by atoms with Crippen molar-refractivity contribution in [3.05, 3.63) is 28.6 Å². The van der Waals surface area contributed by atoms with Crippen LogP contribution in [0.3, 0.4) is 0 Å². The van der Waals surface area contributed by atoms with E-state index in [1.807, 2.05) is 20.1 Å². The summed E-state index contributed by atoms with van der Waals surface area (Å²) < 4.78 is 2.23. The summed E-state index contributed by atoms with van der Waals surface area (Å²) in [5, 5.41) is 12.4. The second-order valence-electron chi connectivity index (χ2n) is 6.95. The van der Waals surface area contributed by atoms with Gasteiger partial charge >= 0.3 is 0 Å². The second-order valence-corrected chi connectivity index (χ2v) is 7.73. The standard InChI is InChI=1S/C19H28N6OS/c1-13-15(14(2)22-19(21-13)27-3)8-9-18(26)20-11-10-17-24-23-16-7-5-4-6-12-25(16)17/h4-12H2,1-3H3,(H,20,26). The highest BCUT2D eigenvalue weighted by Crippen LogP contribution is 2.17. The molecular weight excluding hydrogens is 360 g/mol. The molecule has 8 heteroatoms. The maximum absolute atomic E-state index is 12.2. The summed E-state index contributed by atoms with van der Waals surface area (Å²) in [6.45, 7) is 5.56. The zero-order valence-electron chi connectivity index (χ0n) is 16.4. The lowest BCUT2D eigenvalue weighted by Gasteiger charge is -2.10. The Bertz CT molecular complexity index is 780. The van der Waals surface area contributed by atoms with Gasteiger partial charge < -0.3 is 9.88 Å². The van der Waals surface area contributed by atoms with Gasteiger partial charge in [-0.05, 0) is 44.9 Å². The number of fused-ring (bicyclic) bond motifs is 1. The molecule has 0 saturated heterocycles. The van der Waals surface area contributed by atoms with E-state index in [0.717, 1.165) is 53.1 Å². The van der Waals surface area contributed by atoms with Crippen LogP contribution in [-0.4, -0.2) is 43.4 Å². The summed E-state index contributed by atoms with van der Waals surface area (Å²) in [5.74, 6) is 2.13. The third kappa shape index (κ3) is 5.06. The van der Waals surface area contributed by atoms with E-state index in [2.05, 4.69) is 30.0 Å². The monoisotopic (exact) mass is 388 g/mol. The Morgan fingerprint density at radius 2 is 1.89 bits per heavy atom. The Morgan fingerprint density at radius 3 is 2.63 bits per heavy atom. The molecule has 0 radical (unpaired) electrons. The first-order chi connectivity index (χ1) is 13.1. The van der Waals surface area contributed by atoms with Crippen LogP contribution >= 0.6 is 11.8 Å². The molecule has 3 heterocycles. The van der Waals surface area contributed by atoms with Gasteiger partial charge in [0.05, 0.1) is 0 Å². The molecule has 0 fully saturated rings. The number of amides is 1. The lowest BCUT2D eigenvalue weighted by molar-refractivity contribution is -0.121. The molecule has 3 rings (SSSR count). The van der Waals surface area contributed by atoms with Crippen LogP contribution in [0.2, 0.25) is 0 Å². The van der Waals surface area contributed by atoms with Crippen LogP contribution in [0, 0.1) is 13.8 Å². The Kier molecular flexibility index (Phi) is 6.82. The van der Waals surface area contributed by atoms with Gasteiger partial charge in [0.15, 0.2) is 5.16 Å². The highest BCUT2D eigenvalue weighted by atomic mass is 32.2. The number of hydrogen-bond donors (Lipinski definition) is 1. The summed E-state index contributed by atoms with van der Waals surface area (Å²) >= 11 is 1.54. The van der Waals surface area contributed by atoms with Crippen molar-refractivity contribution < 1.29 is 4.79 Å². The van der Waals surface area contributed by atoms with Crippen molar-refractivity contribution in [3.8, 4) is 0 Å². The van der Waals surface area contributed by atoms with Gasteiger partial charge in [-0.2, -0.15) is 0 Å². The molecule has 0 aliphatic carbocycles. The van der Waals surface area contributed by atoms with Crippen molar-refractivity contribution in [2.24, 2.45) is 0 Å². The van der Waals surface area contributed by atoms with E-state index >= 15 is 0 Å². The molecule has 146 valence electrons. The average molecular weight is 389 g/mol. The molecule has 1 aliphatic heterocycles. The van der Waals surface area contributed by atoms with Crippen LogP contribution in [0.1, 0.15) is 54.3 Å². The van der Waals surface area contributed by atoms with E-state index in [1.54, 1.807) is 0 Å². The lowest BCUT2D eigenvalue weighted by atomic mass is 10.1. The third-order valence-corrected chi connectivity index (χ3v) is 5.59. The number of carbonyl (C=O) groups is 1. The van der Waals surface area contributed by atoms with Crippen LogP contribution in [0.15, 0.2) is 5.16 Å². The number of carbonyl (C=O) groups excluding carboxylic acids is 1. The number of nitrogens with one attached hydrogen (secondary N) is 1. The molecule has 0 aromatic carbocycles. The topological polar surface area (TPSA) is 85.6 Å². The molecule has 0 spiro atoms. The normalized spacial score (nSPS) is 13.9. The van der Waals surface area contributed by atoms with E-state index < -0.39 is 0 Å². The first-order valence-electron chi connectivity index (χ1n) is 9.64. The highest BCUT2D eigenvalue weighted by Gasteiger charge is 2.15. The maximum Gasteiger partial charge on any atom is 0.220 e. The summed E-state index contributed by atoms with van der Waals surface area (Å²) in [4.78, 5) is 21.2. The smallest absolute Gasteiger partial charge is 0.220 e. The van der Waals surface area contributed by atoms with Crippen LogP contribution < -0.4 is 5.32 Å². The van der Waals surface area contributed by atoms with Crippen molar-refractivity contribution in [1.82, 2.24) is 30.0 Å². The Labute approximate surface area is 164 Å². The molecule has 1 aliphatic rings. The molecule has 0 atom stereocenters. The third-order valence-electron chi connectivity index (χ3n) is 5.04. The van der Waals surface area contributed by atoms with Gasteiger partial charge in [0.2, 0.25) is 5.91 Å². The fourth-order valence-electron chi connectivity index (χ4n) is 3.53. The minimum absolute atomic E-state index is 0.0540. The Balaban J connectivity index is 1.48. The number of aryl methyl sites for hydroxylation is 3. The van der Waals surface area contributed by atoms with Gasteiger partial charge in [-0.15, -0.1) is 10.2 Å². The number of hydrogen-bond acceptors (Lipinski definition) is 6. The molecule has 27 heavy (non-hydrogen) atoms. The largest absolute Gasteiger partial charge is 0.356 e. The molecule has 0 bridgehead atoms. The Hall–Kier alpha value is -1.96. The molecule has 1 amide bonds. The van der Waals surface area contributed by atoms with E-state index in [-0.39, 0.29) is 5.91 Å². The first kappa shape index (κ1) is 19.8. The van der Waals surface area contributed by atoms with Gasteiger partial charge in [-0.3, -0.25) is 4.79 Å². The summed E-state index contributed by atoms with van der Waals surface area (Å²) in [7, 11) is 0. The van der Waals surface area contributed by atoms with Gasteiger partial charge in [-0.25, -0.2) is 9.97 Å². The van der Waals surface area contributed by atoms with E-state index in [9.17, 15) is 4.79 Å². The van der Waals surface area contributed by atoms with Crippen LogP contribution in [-0.2, 0) is 30.6 Å². The average Bonchev–Trinajstić information content (AvgIpc) is 2.87. The Morgan fingerprint density at radius 1 is 1.11 bits per heavy atom. The van der Waals surface area contributed by atoms with Crippen molar-refractivity contribution >= 4 is 17.7 Å². The van der Waals surface area contributed by atoms with Crippen LogP contribution in [0.25, 0.3) is 0 Å². The van der Waals surface area contributed by atoms with E-state index in [4.69, 9.17) is 0 Å². The lowest BCUT2D eigenvalue weighted by Crippen LogP contribution is -2.27. The molecule has 0 saturated carbocycles. The number of rotatable bonds is 7. The van der Waals surface area contributed by atoms with Gasteiger partial charge in [0.1, 0.15) is 11.6 Å². The predicted octanol–water partition coefficient (Wildman–Crippen LogP) is 2.42. The molecular formula is C19H28N6OS. The van der Waals surface area contributed by atoms with Crippen molar-refractivity contribution in [2.75, 3.05) is 12.8 Å². The van der Waals surface area contributed by atoms with Crippen molar-refractivity contribution in [1.29, 1.82) is 0 Å². The SMILES string of the molecule is CSc1nc(C)c(CCC(=O)NCCc2nnc3n2CCCCC3)c(C)n1. The predicted molar refractivity (Wildman–Crippen MR) is 106 cm³/mol. The summed E-state index contributed by atoms with van der Waals surface area (Å²) in [6, 6.07) is 0. The summed E-state index contributed by atoms with van der Waals surface area (Å²) in [5.41, 5.74) is 3.00. The number of nitrogens with zero attached hydrogens (tertiary/aromatic N) is 5. The van der Waals surface area contributed by atoms with Crippen molar-refractivity contribution in [2.45, 2.75) is 70.5 Å². The molecule has 2 aromatic heterocycles. The van der Waals surface area contributed by atoms with Crippen molar-refractivity contribution in [3.63, 3.8) is 0 Å². The molecule has 0 unspecified atom stereocenters. The number of thioether (sulfide) groups is 1. The van der Waals surface area contributed by atoms with Gasteiger partial charge in [0.25, 0.3) is 0 Å². The van der Waals surface area contributed by atoms with Gasteiger partial charge in [-0.1, -0.05) is 18.2 Å². The highest BCUT2D eigenvalue weighted by molar-refractivity contribution is 7.98. The maximum atomic E-state index is 12.2. The van der Waals surface area contributed by atoms with E-state index in [0.29, 0.717) is 19.4 Å². The number of aromatic nitrogens is 5. The molecule has 1 N–H and O–H groups in total. The van der Waals surface area contributed by atoms with Crippen LogP contribution in [0.5, 0.6) is 0 Å². The minimum Gasteiger partial charge on any atom is -0.356 e. The second kappa shape index (κ2) is 9.30.